The Kier molecular flexibility index (Phi) is 7.52. The van der Waals surface area contributed by atoms with Gasteiger partial charge in [0.05, 0.1) is 29.8 Å². The number of benzene rings is 2. The Bertz CT molecular complexity index is 1300. The Morgan fingerprint density at radius 3 is 2.78 bits per heavy atom. The van der Waals surface area contributed by atoms with E-state index in [2.05, 4.69) is 10.6 Å². The molecule has 0 unspecified atom stereocenters. The summed E-state index contributed by atoms with van der Waals surface area (Å²) < 4.78 is 20.0. The van der Waals surface area contributed by atoms with Gasteiger partial charge in [0.15, 0.2) is 0 Å². The second-order valence-corrected chi connectivity index (χ2v) is 8.72. The van der Waals surface area contributed by atoms with E-state index in [1.54, 1.807) is 24.1 Å². The number of nitrogens with zero attached hydrogens (tertiary/aromatic N) is 3. The zero-order valence-corrected chi connectivity index (χ0v) is 20.7. The predicted octanol–water partition coefficient (Wildman–Crippen LogP) is 3.35. The van der Waals surface area contributed by atoms with Crippen LogP contribution in [0, 0.1) is 5.41 Å². The molecule has 0 spiro atoms. The van der Waals surface area contributed by atoms with Crippen molar-refractivity contribution in [1.82, 2.24) is 25.1 Å². The number of carbonyl (C=O) groups excluding carboxylic acids is 2. The average Bonchev–Trinajstić information content (AvgIpc) is 3.41. The maximum atomic E-state index is 13.5. The fraction of sp³-hybridized carbons (Fsp3) is 0.385. The van der Waals surface area contributed by atoms with Crippen molar-refractivity contribution in [1.29, 1.82) is 5.41 Å². The molecular formula is C26H31FN6O3. The summed E-state index contributed by atoms with van der Waals surface area (Å²) in [6.45, 7) is 2.50. The number of fused-ring (bicyclic) bond motifs is 2. The number of carbonyl (C=O) groups is 2. The average molecular weight is 495 g/mol. The molecule has 1 aliphatic heterocycles. The van der Waals surface area contributed by atoms with Gasteiger partial charge >= 0.3 is 0 Å². The summed E-state index contributed by atoms with van der Waals surface area (Å²) in [6.07, 6.45) is 1.05. The zero-order chi connectivity index (χ0) is 25.8. The molecule has 0 radical (unpaired) electrons. The lowest BCUT2D eigenvalue weighted by molar-refractivity contribution is 0.0780. The second-order valence-electron chi connectivity index (χ2n) is 8.72. The van der Waals surface area contributed by atoms with E-state index >= 15 is 0 Å². The summed E-state index contributed by atoms with van der Waals surface area (Å²) in [5, 5.41) is 13.3. The summed E-state index contributed by atoms with van der Waals surface area (Å²) in [4.78, 5) is 32.9. The molecular weight excluding hydrogens is 463 g/mol. The molecule has 0 saturated heterocycles. The first-order chi connectivity index (χ1) is 17.4. The van der Waals surface area contributed by atoms with E-state index in [1.165, 1.54) is 0 Å². The summed E-state index contributed by atoms with van der Waals surface area (Å²) in [5.74, 6) is 0.589. The van der Waals surface area contributed by atoms with Crippen LogP contribution in [-0.4, -0.2) is 59.0 Å². The van der Waals surface area contributed by atoms with Crippen LogP contribution in [0.25, 0.3) is 11.0 Å². The SMILES string of the molecule is CCN1Cc2cccc(C(=O)N[C@@H](CCCNC(=N)CF)c3nc4c(OC)cccc4n3C)c2C1=O. The van der Waals surface area contributed by atoms with Crippen LogP contribution in [-0.2, 0) is 13.6 Å². The number of aryl methyl sites for hydroxylation is 1. The van der Waals surface area contributed by atoms with Gasteiger partial charge in [0, 0.05) is 26.7 Å². The number of alkyl halides is 1. The largest absolute Gasteiger partial charge is 0.494 e. The Morgan fingerprint density at radius 1 is 1.28 bits per heavy atom. The highest BCUT2D eigenvalue weighted by molar-refractivity contribution is 6.09. The van der Waals surface area contributed by atoms with Gasteiger partial charge < -0.3 is 24.8 Å². The van der Waals surface area contributed by atoms with Crippen molar-refractivity contribution in [2.45, 2.75) is 32.4 Å². The Hall–Kier alpha value is -3.95. The minimum Gasteiger partial charge on any atom is -0.494 e. The van der Waals surface area contributed by atoms with Crippen molar-refractivity contribution < 1.29 is 18.7 Å². The van der Waals surface area contributed by atoms with Crippen LogP contribution in [0.4, 0.5) is 4.39 Å². The number of ether oxygens (including phenoxy) is 1. The van der Waals surface area contributed by atoms with Gasteiger partial charge in [-0.05, 0) is 43.5 Å². The van der Waals surface area contributed by atoms with Crippen LogP contribution < -0.4 is 15.4 Å². The third-order valence-electron chi connectivity index (χ3n) is 6.53. The molecule has 190 valence electrons. The molecule has 0 bridgehead atoms. The topological polar surface area (TPSA) is 112 Å². The molecule has 2 heterocycles. The van der Waals surface area contributed by atoms with E-state index in [1.807, 2.05) is 42.8 Å². The maximum absolute atomic E-state index is 13.5. The fourth-order valence-corrected chi connectivity index (χ4v) is 4.64. The predicted molar refractivity (Wildman–Crippen MR) is 135 cm³/mol. The number of rotatable bonds is 10. The van der Waals surface area contributed by atoms with Gasteiger partial charge in [-0.15, -0.1) is 0 Å². The van der Waals surface area contributed by atoms with E-state index in [9.17, 15) is 14.0 Å². The van der Waals surface area contributed by atoms with Crippen molar-refractivity contribution in [3.8, 4) is 5.75 Å². The molecule has 1 aliphatic rings. The number of para-hydroxylation sites is 1. The van der Waals surface area contributed by atoms with Crippen LogP contribution >= 0.6 is 0 Å². The number of amides is 2. The minimum absolute atomic E-state index is 0.142. The van der Waals surface area contributed by atoms with Crippen molar-refractivity contribution in [3.63, 3.8) is 0 Å². The number of imidazole rings is 1. The summed E-state index contributed by atoms with van der Waals surface area (Å²) in [7, 11) is 3.46. The van der Waals surface area contributed by atoms with Gasteiger partial charge in [-0.1, -0.05) is 18.2 Å². The lowest BCUT2D eigenvalue weighted by atomic mass is 10.0. The van der Waals surface area contributed by atoms with Gasteiger partial charge in [0.25, 0.3) is 11.8 Å². The molecule has 4 rings (SSSR count). The maximum Gasteiger partial charge on any atom is 0.255 e. The third kappa shape index (κ3) is 4.75. The lowest BCUT2D eigenvalue weighted by Gasteiger charge is -2.20. The van der Waals surface area contributed by atoms with Crippen molar-refractivity contribution >= 4 is 28.7 Å². The van der Waals surface area contributed by atoms with Crippen LogP contribution in [0.2, 0.25) is 0 Å². The van der Waals surface area contributed by atoms with Gasteiger partial charge in [-0.3, -0.25) is 15.0 Å². The Balaban J connectivity index is 1.65. The summed E-state index contributed by atoms with van der Waals surface area (Å²) >= 11 is 0. The van der Waals surface area contributed by atoms with Gasteiger partial charge in [0.2, 0.25) is 0 Å². The molecule has 0 aliphatic carbocycles. The molecule has 10 heteroatoms. The molecule has 1 aromatic heterocycles. The van der Waals surface area contributed by atoms with Gasteiger partial charge in [-0.2, -0.15) is 0 Å². The molecule has 2 amide bonds. The molecule has 36 heavy (non-hydrogen) atoms. The Morgan fingerprint density at radius 2 is 2.06 bits per heavy atom. The molecule has 3 N–H and O–H groups in total. The first kappa shape index (κ1) is 25.2. The second kappa shape index (κ2) is 10.8. The quantitative estimate of drug-likeness (QED) is 0.227. The molecule has 3 aromatic rings. The normalized spacial score (nSPS) is 13.6. The standard InChI is InChI=1S/C26H31FN6O3/c1-4-33-15-16-8-5-9-17(22(16)26(33)35)25(34)30-18(10-7-13-29-21(28)14-27)24-31-23-19(32(24)2)11-6-12-20(23)36-3/h5-6,8-9,11-12,18H,4,7,10,13-15H2,1-3H3,(H2,28,29)(H,30,34)/t18-/m0/s1. The number of methoxy groups -OCH3 is 1. The molecule has 0 fully saturated rings. The highest BCUT2D eigenvalue weighted by atomic mass is 19.1. The highest BCUT2D eigenvalue weighted by Crippen LogP contribution is 2.30. The molecule has 9 nitrogen and oxygen atoms in total. The molecule has 0 saturated carbocycles. The van der Waals surface area contributed by atoms with Gasteiger partial charge in [0.1, 0.15) is 29.6 Å². The molecule has 1 atom stereocenters. The van der Waals surface area contributed by atoms with E-state index in [0.29, 0.717) is 60.7 Å². The van der Waals surface area contributed by atoms with E-state index < -0.39 is 12.7 Å². The highest BCUT2D eigenvalue weighted by Gasteiger charge is 2.32. The van der Waals surface area contributed by atoms with Crippen LogP contribution in [0.5, 0.6) is 5.75 Å². The van der Waals surface area contributed by atoms with Gasteiger partial charge in [-0.25, -0.2) is 9.37 Å². The van der Waals surface area contributed by atoms with Crippen LogP contribution in [0.15, 0.2) is 36.4 Å². The first-order valence-corrected chi connectivity index (χ1v) is 12.0. The number of hydrogen-bond acceptors (Lipinski definition) is 5. The number of amidine groups is 1. The van der Waals surface area contributed by atoms with E-state index in [-0.39, 0.29) is 17.6 Å². The monoisotopic (exact) mass is 494 g/mol. The van der Waals surface area contributed by atoms with E-state index in [0.717, 1.165) is 11.1 Å². The third-order valence-corrected chi connectivity index (χ3v) is 6.53. The smallest absolute Gasteiger partial charge is 0.255 e. The number of nitrogens with one attached hydrogen (secondary N) is 3. The minimum atomic E-state index is -0.855. The van der Waals surface area contributed by atoms with Crippen LogP contribution in [0.1, 0.15) is 57.9 Å². The molecule has 2 aromatic carbocycles. The number of halogens is 1. The van der Waals surface area contributed by atoms with Crippen molar-refractivity contribution in [3.05, 3.63) is 58.9 Å². The summed E-state index contributed by atoms with van der Waals surface area (Å²) in [5.41, 5.74) is 3.17. The zero-order valence-electron chi connectivity index (χ0n) is 20.7. The summed E-state index contributed by atoms with van der Waals surface area (Å²) in [6, 6.07) is 10.5. The lowest BCUT2D eigenvalue weighted by Crippen LogP contribution is -2.33. The fourth-order valence-electron chi connectivity index (χ4n) is 4.64. The number of hydrogen-bond donors (Lipinski definition) is 3. The Labute approximate surface area is 209 Å². The van der Waals surface area contributed by atoms with Crippen molar-refractivity contribution in [2.75, 3.05) is 26.9 Å². The van der Waals surface area contributed by atoms with Crippen molar-refractivity contribution in [2.24, 2.45) is 7.05 Å². The van der Waals surface area contributed by atoms with Crippen LogP contribution in [0.3, 0.4) is 0 Å². The number of aromatic nitrogens is 2. The van der Waals surface area contributed by atoms with E-state index in [4.69, 9.17) is 15.1 Å². The first-order valence-electron chi connectivity index (χ1n) is 12.0.